The minimum atomic E-state index is -0.552. The van der Waals surface area contributed by atoms with Crippen molar-refractivity contribution < 1.29 is 14.3 Å². The molecule has 9 atom stereocenters. The lowest BCUT2D eigenvalue weighted by Gasteiger charge is -2.58. The summed E-state index contributed by atoms with van der Waals surface area (Å²) in [6, 6.07) is 3.98. The minimum Gasteiger partial charge on any atom is -0.432 e. The van der Waals surface area contributed by atoms with Gasteiger partial charge < -0.3 is 9.47 Å². The van der Waals surface area contributed by atoms with Crippen LogP contribution in [0.15, 0.2) is 23.8 Å². The molecule has 0 heterocycles. The molecule has 4 aliphatic rings. The van der Waals surface area contributed by atoms with Gasteiger partial charge in [-0.25, -0.2) is 4.79 Å². The van der Waals surface area contributed by atoms with Crippen LogP contribution in [-0.4, -0.2) is 18.4 Å². The predicted molar refractivity (Wildman–Crippen MR) is 197 cm³/mol. The number of halogens is 3. The van der Waals surface area contributed by atoms with Crippen molar-refractivity contribution in [3.05, 3.63) is 40.1 Å². The summed E-state index contributed by atoms with van der Waals surface area (Å²) >= 11 is 6.77. The number of carbonyl (C=O) groups excluding carboxylic acids is 1. The van der Waals surface area contributed by atoms with Crippen LogP contribution < -0.4 is 0 Å². The summed E-state index contributed by atoms with van der Waals surface area (Å²) in [5.41, 5.74) is 3.09. The first-order chi connectivity index (χ1) is 19.8. The monoisotopic (exact) mass is 912 g/mol. The molecule has 3 nitrogen and oxygen atoms in total. The van der Waals surface area contributed by atoms with Gasteiger partial charge in [0.2, 0.25) is 6.29 Å². The lowest BCUT2D eigenvalue weighted by atomic mass is 9.47. The quantitative estimate of drug-likeness (QED) is 0.0814. The first kappa shape index (κ1) is 33.9. The van der Waals surface area contributed by atoms with Gasteiger partial charge in [0, 0.05) is 10.7 Å². The second kappa shape index (κ2) is 13.7. The van der Waals surface area contributed by atoms with Gasteiger partial charge in [-0.1, -0.05) is 65.5 Å². The van der Waals surface area contributed by atoms with Gasteiger partial charge in [0.25, 0.3) is 0 Å². The maximum atomic E-state index is 13.0. The van der Waals surface area contributed by atoms with Crippen LogP contribution in [0.1, 0.15) is 123 Å². The highest BCUT2D eigenvalue weighted by Crippen LogP contribution is 2.67. The number of carbonyl (C=O) groups is 1. The number of benzene rings is 1. The van der Waals surface area contributed by atoms with Crippen LogP contribution in [0.2, 0.25) is 0 Å². The van der Waals surface area contributed by atoms with Crippen LogP contribution in [0.3, 0.4) is 0 Å². The van der Waals surface area contributed by atoms with Crippen LogP contribution in [-0.2, 0) is 9.47 Å². The Morgan fingerprint density at radius 3 is 2.48 bits per heavy atom. The summed E-state index contributed by atoms with van der Waals surface area (Å²) < 4.78 is 15.3. The Balaban J connectivity index is 1.20. The van der Waals surface area contributed by atoms with Crippen molar-refractivity contribution in [2.24, 2.45) is 46.3 Å². The third-order valence-corrected chi connectivity index (χ3v) is 15.8. The first-order valence-corrected chi connectivity index (χ1v) is 19.8. The molecule has 3 saturated carbocycles. The molecule has 234 valence electrons. The fraction of sp³-hybridized carbons (Fsp3) is 0.750. The van der Waals surface area contributed by atoms with Crippen LogP contribution in [0.4, 0.5) is 0 Å². The molecule has 1 aromatic rings. The van der Waals surface area contributed by atoms with E-state index in [4.69, 9.17) is 9.47 Å². The Labute approximate surface area is 296 Å². The Morgan fingerprint density at radius 1 is 0.976 bits per heavy atom. The summed E-state index contributed by atoms with van der Waals surface area (Å²) in [5, 5.41) is 0. The molecule has 3 fully saturated rings. The molecule has 42 heavy (non-hydrogen) atoms. The zero-order valence-electron chi connectivity index (χ0n) is 26.5. The summed E-state index contributed by atoms with van der Waals surface area (Å²) in [4.78, 5) is 13.0. The molecule has 4 unspecified atom stereocenters. The van der Waals surface area contributed by atoms with Crippen LogP contribution >= 0.6 is 67.8 Å². The van der Waals surface area contributed by atoms with Gasteiger partial charge in [-0.15, -0.1) is 0 Å². The zero-order valence-corrected chi connectivity index (χ0v) is 33.0. The molecule has 0 saturated heterocycles. The lowest BCUT2D eigenvalue weighted by molar-refractivity contribution is -0.143. The number of hydrogen-bond acceptors (Lipinski definition) is 3. The van der Waals surface area contributed by atoms with E-state index in [1.807, 2.05) is 13.0 Å². The number of fused-ring (bicyclic) bond motifs is 5. The van der Waals surface area contributed by atoms with Crippen molar-refractivity contribution >= 4 is 73.7 Å². The second-order valence-corrected chi connectivity index (χ2v) is 18.5. The molecule has 5 rings (SSSR count). The molecular weight excluding hydrogens is 861 g/mol. The molecule has 6 heteroatoms. The topological polar surface area (TPSA) is 35.5 Å². The van der Waals surface area contributed by atoms with E-state index in [0.717, 1.165) is 59.1 Å². The summed E-state index contributed by atoms with van der Waals surface area (Å²) in [7, 11) is 0. The maximum Gasteiger partial charge on any atom is 0.341 e. The summed E-state index contributed by atoms with van der Waals surface area (Å²) in [6.07, 6.45) is 16.6. The highest BCUT2D eigenvalue weighted by atomic mass is 127. The third kappa shape index (κ3) is 6.82. The normalized spacial score (nSPS) is 35.6. The number of hydrogen-bond donors (Lipinski definition) is 0. The minimum absolute atomic E-state index is 0.121. The summed E-state index contributed by atoms with van der Waals surface area (Å²) in [5.74, 6) is 4.86. The smallest absolute Gasteiger partial charge is 0.341 e. The fourth-order valence-corrected chi connectivity index (χ4v) is 12.4. The van der Waals surface area contributed by atoms with Crippen molar-refractivity contribution in [1.82, 2.24) is 0 Å². The van der Waals surface area contributed by atoms with Crippen LogP contribution in [0.25, 0.3) is 0 Å². The van der Waals surface area contributed by atoms with Crippen molar-refractivity contribution in [1.29, 1.82) is 0 Å². The van der Waals surface area contributed by atoms with E-state index in [2.05, 4.69) is 115 Å². The largest absolute Gasteiger partial charge is 0.432 e. The number of ether oxygens (including phenoxy) is 2. The van der Waals surface area contributed by atoms with Gasteiger partial charge in [-0.2, -0.15) is 0 Å². The van der Waals surface area contributed by atoms with Gasteiger partial charge in [-0.05, 0) is 185 Å². The van der Waals surface area contributed by atoms with Crippen molar-refractivity contribution in [2.45, 2.75) is 125 Å². The average molecular weight is 913 g/mol. The molecule has 0 bridgehead atoms. The molecule has 0 aromatic heterocycles. The van der Waals surface area contributed by atoms with Gasteiger partial charge in [0.15, 0.2) is 0 Å². The fourth-order valence-electron chi connectivity index (χ4n) is 9.99. The number of rotatable bonds is 9. The van der Waals surface area contributed by atoms with E-state index in [1.165, 1.54) is 57.8 Å². The molecule has 0 radical (unpaired) electrons. The Hall–Kier alpha value is 0.580. The van der Waals surface area contributed by atoms with E-state index < -0.39 is 6.29 Å². The molecule has 0 amide bonds. The maximum absolute atomic E-state index is 13.0. The molecule has 1 aromatic carbocycles. The molecule has 0 aliphatic heterocycles. The van der Waals surface area contributed by atoms with Crippen LogP contribution in [0.5, 0.6) is 0 Å². The van der Waals surface area contributed by atoms with Gasteiger partial charge in [0.1, 0.15) is 0 Å². The van der Waals surface area contributed by atoms with E-state index >= 15 is 0 Å². The molecular formula is C36H51I3O3. The number of allylic oxidation sites excluding steroid dienone is 1. The molecule has 4 aliphatic carbocycles. The number of esters is 1. The Kier molecular flexibility index (Phi) is 11.1. The van der Waals surface area contributed by atoms with Crippen molar-refractivity contribution in [2.75, 3.05) is 0 Å². The van der Waals surface area contributed by atoms with Crippen molar-refractivity contribution in [3.8, 4) is 0 Å². The van der Waals surface area contributed by atoms with E-state index in [-0.39, 0.29) is 12.1 Å². The summed E-state index contributed by atoms with van der Waals surface area (Å²) in [6.45, 7) is 14.5. The van der Waals surface area contributed by atoms with Gasteiger partial charge >= 0.3 is 5.97 Å². The highest BCUT2D eigenvalue weighted by molar-refractivity contribution is 14.1. The molecule has 0 spiro atoms. The Bertz CT molecular complexity index is 1180. The standard InChI is InChI=1S/C36H51I3O3/c1-21(2)8-7-9-22(3)29-12-13-30-27-11-10-24-18-26(14-16-35(24,5)31(27)15-17-36(29,30)6)41-23(4)42-34(40)28-19-25(37)20-32(38)33(28)39/h10,19-23,26-27,29-31H,7-9,11-18H2,1-6H3/t22-,23?,26+,27?,29-,30?,31?,35+,36-/m1/s1. The van der Waals surface area contributed by atoms with Gasteiger partial charge in [0.05, 0.1) is 11.7 Å². The SMILES string of the molecule is CC(C)CCC[C@@H](C)[C@H]1CCC2C3CC=C4C[C@@H](OC(C)OC(=O)c5cc(I)cc(I)c5I)CC[C@]4(C)C3CC[C@@]21C. The Morgan fingerprint density at radius 2 is 1.74 bits per heavy atom. The highest BCUT2D eigenvalue weighted by Gasteiger charge is 2.59. The zero-order chi connectivity index (χ0) is 30.4. The van der Waals surface area contributed by atoms with E-state index in [1.54, 1.807) is 5.57 Å². The predicted octanol–water partition coefficient (Wildman–Crippen LogP) is 11.4. The van der Waals surface area contributed by atoms with E-state index in [9.17, 15) is 4.79 Å². The van der Waals surface area contributed by atoms with Crippen molar-refractivity contribution in [3.63, 3.8) is 0 Å². The first-order valence-electron chi connectivity index (χ1n) is 16.5. The lowest BCUT2D eigenvalue weighted by Crippen LogP contribution is -2.51. The van der Waals surface area contributed by atoms with E-state index in [0.29, 0.717) is 16.4 Å². The van der Waals surface area contributed by atoms with Crippen LogP contribution in [0, 0.1) is 57.0 Å². The third-order valence-electron chi connectivity index (χ3n) is 12.1. The molecule has 0 N–H and O–H groups in total. The second-order valence-electron chi connectivity index (χ2n) is 15.0. The van der Waals surface area contributed by atoms with Gasteiger partial charge in [-0.3, -0.25) is 0 Å². The average Bonchev–Trinajstić information content (AvgIpc) is 3.28.